The zero-order valence-electron chi connectivity index (χ0n) is 12.1. The van der Waals surface area contributed by atoms with Crippen molar-refractivity contribution in [3.05, 3.63) is 35.4 Å². The van der Waals surface area contributed by atoms with Gasteiger partial charge in [0.2, 0.25) is 0 Å². The van der Waals surface area contributed by atoms with Crippen molar-refractivity contribution in [1.29, 1.82) is 0 Å². The van der Waals surface area contributed by atoms with Gasteiger partial charge >= 0.3 is 0 Å². The highest BCUT2D eigenvalue weighted by atomic mass is 14.7. The zero-order valence-corrected chi connectivity index (χ0v) is 12.1. The summed E-state index contributed by atoms with van der Waals surface area (Å²) < 4.78 is 0. The molecule has 1 saturated carbocycles. The normalized spacial score (nSPS) is 31.4. The van der Waals surface area contributed by atoms with E-state index in [0.717, 1.165) is 17.8 Å². The fourth-order valence-corrected chi connectivity index (χ4v) is 4.19. The molecule has 4 atom stereocenters. The average Bonchev–Trinajstić information content (AvgIpc) is 2.44. The van der Waals surface area contributed by atoms with Crippen LogP contribution in [-0.4, -0.2) is 6.04 Å². The summed E-state index contributed by atoms with van der Waals surface area (Å²) in [5.41, 5.74) is 9.65. The number of hydrogen-bond acceptors (Lipinski definition) is 1. The van der Waals surface area contributed by atoms with Gasteiger partial charge in [0.05, 0.1) is 0 Å². The fourth-order valence-electron chi connectivity index (χ4n) is 4.19. The molecule has 0 aliphatic heterocycles. The lowest BCUT2D eigenvalue weighted by Gasteiger charge is -2.37. The Morgan fingerprint density at radius 3 is 2.89 bits per heavy atom. The van der Waals surface area contributed by atoms with Crippen molar-refractivity contribution in [2.75, 3.05) is 0 Å². The molecule has 0 spiro atoms. The zero-order chi connectivity index (χ0) is 13.2. The highest BCUT2D eigenvalue weighted by molar-refractivity contribution is 5.39. The van der Waals surface area contributed by atoms with E-state index in [0.29, 0.717) is 6.04 Å². The summed E-state index contributed by atoms with van der Waals surface area (Å²) in [6.45, 7) is 2.33. The van der Waals surface area contributed by atoms with E-state index in [2.05, 4.69) is 31.2 Å². The minimum Gasteiger partial charge on any atom is -0.327 e. The summed E-state index contributed by atoms with van der Waals surface area (Å²) in [7, 11) is 0. The van der Waals surface area contributed by atoms with Crippen LogP contribution in [0.1, 0.15) is 62.5 Å². The van der Waals surface area contributed by atoms with Crippen LogP contribution in [0.2, 0.25) is 0 Å². The topological polar surface area (TPSA) is 26.0 Å². The molecule has 3 rings (SSSR count). The van der Waals surface area contributed by atoms with Gasteiger partial charge in [0.25, 0.3) is 0 Å². The Labute approximate surface area is 117 Å². The Kier molecular flexibility index (Phi) is 3.93. The van der Waals surface area contributed by atoms with Crippen molar-refractivity contribution in [2.45, 2.75) is 63.8 Å². The molecule has 1 fully saturated rings. The Bertz CT molecular complexity index is 425. The Morgan fingerprint density at radius 1 is 1.26 bits per heavy atom. The standard InChI is InChI=1S/C18H27N/c1-2-13-6-5-8-15(10-13)18(19)12-16-11-14-7-3-4-9-17(14)16/h3-4,7,9,13,15-16,18H,2,5-6,8,10-12,19H2,1H3. The molecule has 0 radical (unpaired) electrons. The summed E-state index contributed by atoms with van der Waals surface area (Å²) in [4.78, 5) is 0. The molecule has 4 unspecified atom stereocenters. The van der Waals surface area contributed by atoms with Gasteiger partial charge < -0.3 is 5.73 Å². The van der Waals surface area contributed by atoms with E-state index < -0.39 is 0 Å². The second-order valence-electron chi connectivity index (χ2n) is 6.70. The third-order valence-corrected chi connectivity index (χ3v) is 5.52. The Morgan fingerprint density at radius 2 is 2.11 bits per heavy atom. The van der Waals surface area contributed by atoms with Gasteiger partial charge in [-0.2, -0.15) is 0 Å². The summed E-state index contributed by atoms with van der Waals surface area (Å²) in [6, 6.07) is 9.32. The molecule has 1 aromatic carbocycles. The maximum absolute atomic E-state index is 6.53. The first-order valence-electron chi connectivity index (χ1n) is 8.11. The van der Waals surface area contributed by atoms with Crippen molar-refractivity contribution < 1.29 is 0 Å². The van der Waals surface area contributed by atoms with Crippen molar-refractivity contribution in [3.8, 4) is 0 Å². The van der Waals surface area contributed by atoms with E-state index in [-0.39, 0.29) is 0 Å². The minimum absolute atomic E-state index is 0.424. The van der Waals surface area contributed by atoms with Crippen LogP contribution < -0.4 is 5.73 Å². The molecule has 0 bridgehead atoms. The summed E-state index contributed by atoms with van der Waals surface area (Å²) in [5, 5.41) is 0. The number of fused-ring (bicyclic) bond motifs is 1. The van der Waals surface area contributed by atoms with Gasteiger partial charge in [-0.1, -0.05) is 50.5 Å². The Hall–Kier alpha value is -0.820. The third-order valence-electron chi connectivity index (χ3n) is 5.52. The molecule has 1 aromatic rings. The number of nitrogens with two attached hydrogens (primary N) is 1. The quantitative estimate of drug-likeness (QED) is 0.857. The van der Waals surface area contributed by atoms with Crippen LogP contribution in [0.15, 0.2) is 24.3 Å². The predicted molar refractivity (Wildman–Crippen MR) is 81.2 cm³/mol. The molecule has 2 N–H and O–H groups in total. The molecule has 0 saturated heterocycles. The second-order valence-corrected chi connectivity index (χ2v) is 6.70. The lowest BCUT2D eigenvalue weighted by atomic mass is 9.70. The van der Waals surface area contributed by atoms with E-state index in [1.807, 2.05) is 0 Å². The van der Waals surface area contributed by atoms with Gasteiger partial charge in [-0.3, -0.25) is 0 Å². The van der Waals surface area contributed by atoms with Crippen LogP contribution in [0.4, 0.5) is 0 Å². The lowest BCUT2D eigenvalue weighted by molar-refractivity contribution is 0.216. The van der Waals surface area contributed by atoms with Crippen molar-refractivity contribution >= 4 is 0 Å². The SMILES string of the molecule is CCC1CCCC(C(N)CC2Cc3ccccc32)C1. The number of hydrogen-bond donors (Lipinski definition) is 1. The molecule has 2 aliphatic rings. The summed E-state index contributed by atoms with van der Waals surface area (Å²) in [5.74, 6) is 2.47. The van der Waals surface area contributed by atoms with Crippen LogP contribution in [0.3, 0.4) is 0 Å². The first-order valence-corrected chi connectivity index (χ1v) is 8.11. The van der Waals surface area contributed by atoms with Crippen LogP contribution >= 0.6 is 0 Å². The van der Waals surface area contributed by atoms with Gasteiger partial charge in [0.1, 0.15) is 0 Å². The summed E-state index contributed by atoms with van der Waals surface area (Å²) in [6.07, 6.45) is 9.39. The molecule has 19 heavy (non-hydrogen) atoms. The van der Waals surface area contributed by atoms with Gasteiger partial charge in [-0.05, 0) is 54.6 Å². The molecule has 0 amide bonds. The van der Waals surface area contributed by atoms with Gasteiger partial charge in [0, 0.05) is 6.04 Å². The maximum Gasteiger partial charge on any atom is 0.00732 e. The first kappa shape index (κ1) is 13.2. The lowest BCUT2D eigenvalue weighted by Crippen LogP contribution is -2.36. The van der Waals surface area contributed by atoms with Crippen molar-refractivity contribution in [3.63, 3.8) is 0 Å². The molecule has 1 nitrogen and oxygen atoms in total. The van der Waals surface area contributed by atoms with E-state index in [9.17, 15) is 0 Å². The largest absolute Gasteiger partial charge is 0.327 e. The van der Waals surface area contributed by atoms with Gasteiger partial charge in [-0.25, -0.2) is 0 Å². The number of rotatable bonds is 4. The minimum atomic E-state index is 0.424. The monoisotopic (exact) mass is 257 g/mol. The number of benzene rings is 1. The van der Waals surface area contributed by atoms with Gasteiger partial charge in [-0.15, -0.1) is 0 Å². The first-order chi connectivity index (χ1) is 9.28. The van der Waals surface area contributed by atoms with Crippen LogP contribution in [0, 0.1) is 11.8 Å². The maximum atomic E-state index is 6.53. The molecule has 0 aromatic heterocycles. The third kappa shape index (κ3) is 2.72. The molecule has 0 heterocycles. The van der Waals surface area contributed by atoms with E-state index in [1.54, 1.807) is 11.1 Å². The van der Waals surface area contributed by atoms with E-state index in [4.69, 9.17) is 5.73 Å². The Balaban J connectivity index is 1.56. The van der Waals surface area contributed by atoms with Crippen LogP contribution in [0.5, 0.6) is 0 Å². The second kappa shape index (κ2) is 5.66. The van der Waals surface area contributed by atoms with Gasteiger partial charge in [0.15, 0.2) is 0 Å². The van der Waals surface area contributed by atoms with Crippen LogP contribution in [-0.2, 0) is 6.42 Å². The smallest absolute Gasteiger partial charge is 0.00732 e. The van der Waals surface area contributed by atoms with Crippen molar-refractivity contribution in [2.24, 2.45) is 17.6 Å². The fraction of sp³-hybridized carbons (Fsp3) is 0.667. The molecule has 2 aliphatic carbocycles. The van der Waals surface area contributed by atoms with Crippen molar-refractivity contribution in [1.82, 2.24) is 0 Å². The molecular weight excluding hydrogens is 230 g/mol. The predicted octanol–water partition coefficient (Wildman–Crippen LogP) is 4.26. The molecule has 1 heteroatoms. The summed E-state index contributed by atoms with van der Waals surface area (Å²) >= 11 is 0. The highest BCUT2D eigenvalue weighted by Crippen LogP contribution is 2.41. The average molecular weight is 257 g/mol. The van der Waals surface area contributed by atoms with E-state index in [1.165, 1.54) is 44.9 Å². The molecule has 104 valence electrons. The van der Waals surface area contributed by atoms with Crippen LogP contribution in [0.25, 0.3) is 0 Å². The highest BCUT2D eigenvalue weighted by Gasteiger charge is 2.31. The van der Waals surface area contributed by atoms with E-state index >= 15 is 0 Å². The molecular formula is C18H27N.